The van der Waals surface area contributed by atoms with Gasteiger partial charge >= 0.3 is 0 Å². The molecule has 0 amide bonds. The van der Waals surface area contributed by atoms with Gasteiger partial charge in [0.1, 0.15) is 11.3 Å². The number of hydrogen-bond donors (Lipinski definition) is 1. The fourth-order valence-corrected chi connectivity index (χ4v) is 2.08. The highest BCUT2D eigenvalue weighted by atomic mass is 16.5. The van der Waals surface area contributed by atoms with Gasteiger partial charge in [-0.05, 0) is 18.6 Å². The van der Waals surface area contributed by atoms with Gasteiger partial charge in [0.15, 0.2) is 17.8 Å². The highest BCUT2D eigenvalue weighted by Gasteiger charge is 2.19. The molecule has 0 radical (unpaired) electrons. The van der Waals surface area contributed by atoms with Gasteiger partial charge in [0.2, 0.25) is 0 Å². The van der Waals surface area contributed by atoms with Crippen LogP contribution in [-0.4, -0.2) is 25.6 Å². The number of carbonyl (C=O) groups is 1. The molecule has 0 saturated heterocycles. The molecule has 0 aromatic heterocycles. The summed E-state index contributed by atoms with van der Waals surface area (Å²) in [4.78, 5) is 11.2. The molecule has 104 valence electrons. The monoisotopic (exact) mass is 272 g/mol. The molecule has 2 aromatic rings. The number of methoxy groups -OCH3 is 2. The molecular weight excluding hydrogens is 256 g/mol. The molecule has 0 fully saturated rings. The number of aromatic hydroxyl groups is 1. The van der Waals surface area contributed by atoms with Gasteiger partial charge in [-0.1, -0.05) is 29.8 Å². The van der Waals surface area contributed by atoms with Gasteiger partial charge < -0.3 is 14.6 Å². The lowest BCUT2D eigenvalue weighted by Crippen LogP contribution is -1.97. The van der Waals surface area contributed by atoms with Crippen molar-refractivity contribution in [2.24, 2.45) is 0 Å². The third kappa shape index (κ3) is 2.32. The number of benzene rings is 2. The van der Waals surface area contributed by atoms with Crippen molar-refractivity contribution in [1.82, 2.24) is 0 Å². The second-order valence-corrected chi connectivity index (χ2v) is 4.41. The van der Waals surface area contributed by atoms with Crippen LogP contribution >= 0.6 is 0 Å². The molecule has 0 aliphatic heterocycles. The standard InChI is InChI=1S/C16H16O4/c1-10-4-6-11(7-5-10)12-8-14(19-2)15(18)13(9-17)16(12)20-3/h4-9,18H,1-3H3. The summed E-state index contributed by atoms with van der Waals surface area (Å²) in [5.74, 6) is 0.362. The van der Waals surface area contributed by atoms with E-state index < -0.39 is 0 Å². The number of rotatable bonds is 4. The number of carbonyl (C=O) groups excluding carboxylic acids is 1. The minimum atomic E-state index is -0.213. The molecular formula is C16H16O4. The SMILES string of the molecule is COc1cc(-c2ccc(C)cc2)c(OC)c(C=O)c1O. The van der Waals surface area contributed by atoms with Gasteiger partial charge in [-0.2, -0.15) is 0 Å². The molecule has 1 N–H and O–H groups in total. The second kappa shape index (κ2) is 5.65. The highest BCUT2D eigenvalue weighted by molar-refractivity contribution is 5.91. The molecule has 0 aliphatic carbocycles. The van der Waals surface area contributed by atoms with Crippen molar-refractivity contribution in [3.63, 3.8) is 0 Å². The maximum absolute atomic E-state index is 11.2. The number of phenolic OH excluding ortho intramolecular Hbond substituents is 1. The lowest BCUT2D eigenvalue weighted by atomic mass is 9.99. The molecule has 0 heterocycles. The van der Waals surface area contributed by atoms with E-state index in [1.807, 2.05) is 31.2 Å². The Bertz CT molecular complexity index is 630. The lowest BCUT2D eigenvalue weighted by Gasteiger charge is -2.15. The van der Waals surface area contributed by atoms with Crippen LogP contribution in [0.1, 0.15) is 15.9 Å². The van der Waals surface area contributed by atoms with Crippen molar-refractivity contribution < 1.29 is 19.4 Å². The Kier molecular flexibility index (Phi) is 3.94. The number of ether oxygens (including phenoxy) is 2. The molecule has 4 nitrogen and oxygen atoms in total. The van der Waals surface area contributed by atoms with Crippen molar-refractivity contribution >= 4 is 6.29 Å². The van der Waals surface area contributed by atoms with Crippen LogP contribution in [0.4, 0.5) is 0 Å². The van der Waals surface area contributed by atoms with Gasteiger partial charge in [-0.15, -0.1) is 0 Å². The van der Waals surface area contributed by atoms with Gasteiger partial charge in [0.25, 0.3) is 0 Å². The summed E-state index contributed by atoms with van der Waals surface area (Å²) in [5, 5.41) is 9.98. The first-order valence-corrected chi connectivity index (χ1v) is 6.12. The maximum Gasteiger partial charge on any atom is 0.172 e. The van der Waals surface area contributed by atoms with E-state index in [0.29, 0.717) is 17.6 Å². The fourth-order valence-electron chi connectivity index (χ4n) is 2.08. The molecule has 4 heteroatoms. The summed E-state index contributed by atoms with van der Waals surface area (Å²) in [5.41, 5.74) is 2.80. The molecule has 20 heavy (non-hydrogen) atoms. The zero-order valence-corrected chi connectivity index (χ0v) is 11.6. The zero-order valence-electron chi connectivity index (χ0n) is 11.6. The van der Waals surface area contributed by atoms with E-state index in [4.69, 9.17) is 9.47 Å². The van der Waals surface area contributed by atoms with Crippen molar-refractivity contribution in [2.45, 2.75) is 6.92 Å². The molecule has 0 saturated carbocycles. The van der Waals surface area contributed by atoms with Gasteiger partial charge in [-0.25, -0.2) is 0 Å². The van der Waals surface area contributed by atoms with Crippen LogP contribution in [0.15, 0.2) is 30.3 Å². The largest absolute Gasteiger partial charge is 0.504 e. The van der Waals surface area contributed by atoms with Gasteiger partial charge in [0.05, 0.1) is 14.2 Å². The lowest BCUT2D eigenvalue weighted by molar-refractivity contribution is 0.111. The number of aryl methyl sites for hydroxylation is 1. The first-order chi connectivity index (χ1) is 9.62. The van der Waals surface area contributed by atoms with Crippen molar-refractivity contribution in [1.29, 1.82) is 0 Å². The van der Waals surface area contributed by atoms with Crippen LogP contribution in [0.25, 0.3) is 11.1 Å². The van der Waals surface area contributed by atoms with Crippen molar-refractivity contribution in [3.05, 3.63) is 41.5 Å². The van der Waals surface area contributed by atoms with Crippen LogP contribution in [0.2, 0.25) is 0 Å². The van der Waals surface area contributed by atoms with Crippen molar-refractivity contribution in [3.8, 4) is 28.4 Å². The fraction of sp³-hybridized carbons (Fsp3) is 0.188. The van der Waals surface area contributed by atoms with E-state index in [9.17, 15) is 9.90 Å². The molecule has 2 rings (SSSR count). The van der Waals surface area contributed by atoms with Crippen molar-refractivity contribution in [2.75, 3.05) is 14.2 Å². The van der Waals surface area contributed by atoms with E-state index in [1.165, 1.54) is 14.2 Å². The number of aldehydes is 1. The minimum absolute atomic E-state index is 0.0856. The Labute approximate surface area is 117 Å². The van der Waals surface area contributed by atoms with Crippen LogP contribution in [0.3, 0.4) is 0 Å². The van der Waals surface area contributed by atoms with E-state index in [-0.39, 0.29) is 17.1 Å². The van der Waals surface area contributed by atoms with Gasteiger partial charge in [0, 0.05) is 5.56 Å². The normalized spacial score (nSPS) is 10.2. The molecule has 2 aromatic carbocycles. The first kappa shape index (κ1) is 13.9. The summed E-state index contributed by atoms with van der Waals surface area (Å²) in [7, 11) is 2.90. The number of phenols is 1. The summed E-state index contributed by atoms with van der Waals surface area (Å²) in [6.07, 6.45) is 0.564. The average Bonchev–Trinajstić information content (AvgIpc) is 2.47. The molecule has 0 bridgehead atoms. The Hall–Kier alpha value is -2.49. The molecule has 0 aliphatic rings. The van der Waals surface area contributed by atoms with Crippen LogP contribution in [-0.2, 0) is 0 Å². The molecule has 0 atom stereocenters. The predicted molar refractivity (Wildman–Crippen MR) is 76.8 cm³/mol. The van der Waals surface area contributed by atoms with E-state index in [1.54, 1.807) is 6.07 Å². The highest BCUT2D eigenvalue weighted by Crippen LogP contribution is 2.43. The molecule has 0 unspecified atom stereocenters. The Balaban J connectivity index is 2.74. The molecule has 0 spiro atoms. The smallest absolute Gasteiger partial charge is 0.172 e. The van der Waals surface area contributed by atoms with E-state index in [2.05, 4.69) is 0 Å². The Morgan fingerprint density at radius 2 is 1.75 bits per heavy atom. The quantitative estimate of drug-likeness (QED) is 0.868. The Morgan fingerprint density at radius 3 is 2.25 bits per heavy atom. The summed E-state index contributed by atoms with van der Waals surface area (Å²) in [6.45, 7) is 2.00. The summed E-state index contributed by atoms with van der Waals surface area (Å²) >= 11 is 0. The minimum Gasteiger partial charge on any atom is -0.504 e. The first-order valence-electron chi connectivity index (χ1n) is 6.12. The predicted octanol–water partition coefficient (Wildman–Crippen LogP) is 3.20. The zero-order chi connectivity index (χ0) is 14.7. The topological polar surface area (TPSA) is 55.8 Å². The maximum atomic E-state index is 11.2. The van der Waals surface area contributed by atoms with Crippen LogP contribution in [0, 0.1) is 6.92 Å². The summed E-state index contributed by atoms with van der Waals surface area (Å²) < 4.78 is 10.4. The van der Waals surface area contributed by atoms with E-state index >= 15 is 0 Å². The van der Waals surface area contributed by atoms with Crippen LogP contribution in [0.5, 0.6) is 17.2 Å². The summed E-state index contributed by atoms with van der Waals surface area (Å²) in [6, 6.07) is 9.45. The Morgan fingerprint density at radius 1 is 1.10 bits per heavy atom. The second-order valence-electron chi connectivity index (χ2n) is 4.41. The third-order valence-electron chi connectivity index (χ3n) is 3.16. The van der Waals surface area contributed by atoms with Crippen LogP contribution < -0.4 is 9.47 Å². The third-order valence-corrected chi connectivity index (χ3v) is 3.16. The average molecular weight is 272 g/mol. The van der Waals surface area contributed by atoms with E-state index in [0.717, 1.165) is 11.1 Å². The van der Waals surface area contributed by atoms with Gasteiger partial charge in [-0.3, -0.25) is 4.79 Å². The number of hydrogen-bond acceptors (Lipinski definition) is 4.